The number of ketones is 1. The molecule has 0 radical (unpaired) electrons. The van der Waals surface area contributed by atoms with Crippen LogP contribution in [0, 0.1) is 17.6 Å². The molecule has 2 aromatic rings. The van der Waals surface area contributed by atoms with E-state index in [2.05, 4.69) is 13.8 Å². The van der Waals surface area contributed by atoms with Crippen molar-refractivity contribution in [3.63, 3.8) is 0 Å². The predicted molar refractivity (Wildman–Crippen MR) is 94.8 cm³/mol. The van der Waals surface area contributed by atoms with E-state index in [0.717, 1.165) is 49.4 Å². The van der Waals surface area contributed by atoms with Crippen molar-refractivity contribution in [2.24, 2.45) is 5.92 Å². The normalized spacial score (nSPS) is 10.9. The van der Waals surface area contributed by atoms with Crippen molar-refractivity contribution in [3.8, 4) is 5.75 Å². The van der Waals surface area contributed by atoms with Crippen LogP contribution in [-0.4, -0.2) is 5.78 Å². The first-order chi connectivity index (χ1) is 12.0. The van der Waals surface area contributed by atoms with E-state index in [1.165, 1.54) is 0 Å². The number of rotatable bonds is 9. The van der Waals surface area contributed by atoms with E-state index in [0.29, 0.717) is 5.56 Å². The number of Topliss-reactive ketones (excluding diaryl/α,β-unsaturated/α-hetero) is 1. The van der Waals surface area contributed by atoms with Crippen LogP contribution in [0.3, 0.4) is 0 Å². The van der Waals surface area contributed by atoms with Gasteiger partial charge in [0.25, 0.3) is 0 Å². The fourth-order valence-electron chi connectivity index (χ4n) is 2.85. The van der Waals surface area contributed by atoms with E-state index in [-0.39, 0.29) is 24.1 Å². The van der Waals surface area contributed by atoms with E-state index in [1.54, 1.807) is 24.3 Å². The molecule has 2 aromatic carbocycles. The Kier molecular flexibility index (Phi) is 7.11. The van der Waals surface area contributed by atoms with Crippen molar-refractivity contribution in [3.05, 3.63) is 65.2 Å². The lowest BCUT2D eigenvalue weighted by molar-refractivity contribution is 0.0905. The van der Waals surface area contributed by atoms with Gasteiger partial charge < -0.3 is 4.74 Å². The average Bonchev–Trinajstić information content (AvgIpc) is 2.62. The van der Waals surface area contributed by atoms with Gasteiger partial charge in [0.2, 0.25) is 0 Å². The number of carbonyl (C=O) groups is 1. The number of ether oxygens (including phenoxy) is 1. The molecule has 0 N–H and O–H groups in total. The van der Waals surface area contributed by atoms with Gasteiger partial charge in [-0.15, -0.1) is 0 Å². The van der Waals surface area contributed by atoms with Gasteiger partial charge in [-0.25, -0.2) is 8.78 Å². The lowest BCUT2D eigenvalue weighted by atomic mass is 9.89. The second-order valence-corrected chi connectivity index (χ2v) is 6.20. The summed E-state index contributed by atoms with van der Waals surface area (Å²) in [4.78, 5) is 12.6. The Morgan fingerprint density at radius 2 is 1.64 bits per heavy atom. The van der Waals surface area contributed by atoms with Crippen molar-refractivity contribution < 1.29 is 18.3 Å². The van der Waals surface area contributed by atoms with Crippen LogP contribution in [0.25, 0.3) is 0 Å². The first-order valence-electron chi connectivity index (χ1n) is 8.76. The molecule has 0 aliphatic carbocycles. The van der Waals surface area contributed by atoms with Crippen LogP contribution < -0.4 is 4.74 Å². The molecular formula is C21H24F2O2. The van der Waals surface area contributed by atoms with Gasteiger partial charge in [-0.05, 0) is 30.5 Å². The minimum Gasteiger partial charge on any atom is -0.486 e. The van der Waals surface area contributed by atoms with Crippen LogP contribution in [-0.2, 0) is 6.61 Å². The van der Waals surface area contributed by atoms with E-state index in [1.807, 2.05) is 0 Å². The third-order valence-electron chi connectivity index (χ3n) is 4.17. The van der Waals surface area contributed by atoms with Gasteiger partial charge >= 0.3 is 0 Å². The Morgan fingerprint density at radius 3 is 2.24 bits per heavy atom. The monoisotopic (exact) mass is 346 g/mol. The molecule has 0 saturated carbocycles. The van der Waals surface area contributed by atoms with Crippen LogP contribution in [0.4, 0.5) is 8.78 Å². The standard InChI is InChI=1S/C21H24F2O2/c1-3-5-16(6-4-2)21(24)17-9-7-15(8-10-17)14-25-20-13-18(22)11-12-19(20)23/h7-13,16H,3-6,14H2,1-2H3. The number of carbonyl (C=O) groups excluding carboxylic acids is 1. The highest BCUT2D eigenvalue weighted by Crippen LogP contribution is 2.22. The zero-order chi connectivity index (χ0) is 18.2. The molecule has 0 aliphatic rings. The van der Waals surface area contributed by atoms with E-state index < -0.39 is 11.6 Å². The summed E-state index contributed by atoms with van der Waals surface area (Å²) < 4.78 is 32.0. The summed E-state index contributed by atoms with van der Waals surface area (Å²) in [5, 5.41) is 0. The van der Waals surface area contributed by atoms with Crippen molar-refractivity contribution >= 4 is 5.78 Å². The molecule has 0 aliphatic heterocycles. The molecule has 2 nitrogen and oxygen atoms in total. The molecule has 0 fully saturated rings. The largest absolute Gasteiger partial charge is 0.486 e. The highest BCUT2D eigenvalue weighted by Gasteiger charge is 2.18. The molecule has 2 rings (SSSR count). The Hall–Kier alpha value is -2.23. The quantitative estimate of drug-likeness (QED) is 0.525. The summed E-state index contributed by atoms with van der Waals surface area (Å²) in [5.74, 6) is -1.03. The minimum atomic E-state index is -0.602. The number of hydrogen-bond donors (Lipinski definition) is 0. The molecule has 0 atom stereocenters. The maximum atomic E-state index is 13.5. The van der Waals surface area contributed by atoms with Gasteiger partial charge in [0.1, 0.15) is 12.4 Å². The number of halogens is 2. The Bertz CT molecular complexity index is 690. The molecule has 0 aromatic heterocycles. The number of hydrogen-bond acceptors (Lipinski definition) is 2. The summed E-state index contributed by atoms with van der Waals surface area (Å²) in [5.41, 5.74) is 1.48. The van der Waals surface area contributed by atoms with Gasteiger partial charge in [-0.3, -0.25) is 4.79 Å². The van der Waals surface area contributed by atoms with E-state index >= 15 is 0 Å². The van der Waals surface area contributed by atoms with Gasteiger partial charge in [0.15, 0.2) is 17.3 Å². The van der Waals surface area contributed by atoms with Crippen LogP contribution in [0.15, 0.2) is 42.5 Å². The van der Waals surface area contributed by atoms with Crippen molar-refractivity contribution in [2.45, 2.75) is 46.1 Å². The third-order valence-corrected chi connectivity index (χ3v) is 4.17. The fraction of sp³-hybridized carbons (Fsp3) is 0.381. The van der Waals surface area contributed by atoms with Crippen LogP contribution in [0.1, 0.15) is 55.5 Å². The van der Waals surface area contributed by atoms with Gasteiger partial charge in [0, 0.05) is 17.5 Å². The fourth-order valence-corrected chi connectivity index (χ4v) is 2.85. The summed E-state index contributed by atoms with van der Waals surface area (Å²) in [7, 11) is 0. The molecule has 0 unspecified atom stereocenters. The smallest absolute Gasteiger partial charge is 0.165 e. The van der Waals surface area contributed by atoms with E-state index in [4.69, 9.17) is 4.74 Å². The molecule has 0 bridgehead atoms. The van der Waals surface area contributed by atoms with Crippen molar-refractivity contribution in [1.82, 2.24) is 0 Å². The molecular weight excluding hydrogens is 322 g/mol. The summed E-state index contributed by atoms with van der Waals surface area (Å²) in [6, 6.07) is 10.2. The molecule has 25 heavy (non-hydrogen) atoms. The summed E-state index contributed by atoms with van der Waals surface area (Å²) in [6.07, 6.45) is 3.77. The zero-order valence-corrected chi connectivity index (χ0v) is 14.7. The van der Waals surface area contributed by atoms with E-state index in [9.17, 15) is 13.6 Å². The molecule has 0 amide bonds. The lowest BCUT2D eigenvalue weighted by Crippen LogP contribution is -2.14. The first kappa shape index (κ1) is 19.1. The van der Waals surface area contributed by atoms with Crippen molar-refractivity contribution in [2.75, 3.05) is 0 Å². The molecule has 134 valence electrons. The van der Waals surface area contributed by atoms with Gasteiger partial charge in [0.05, 0.1) is 0 Å². The minimum absolute atomic E-state index is 0.0680. The highest BCUT2D eigenvalue weighted by molar-refractivity contribution is 5.97. The topological polar surface area (TPSA) is 26.3 Å². The Balaban J connectivity index is 2.01. The second kappa shape index (κ2) is 9.30. The maximum Gasteiger partial charge on any atom is 0.165 e. The Labute approximate surface area is 147 Å². The average molecular weight is 346 g/mol. The second-order valence-electron chi connectivity index (χ2n) is 6.20. The van der Waals surface area contributed by atoms with Gasteiger partial charge in [-0.1, -0.05) is 51.0 Å². The zero-order valence-electron chi connectivity index (χ0n) is 14.7. The van der Waals surface area contributed by atoms with Crippen LogP contribution in [0.2, 0.25) is 0 Å². The van der Waals surface area contributed by atoms with Gasteiger partial charge in [-0.2, -0.15) is 0 Å². The predicted octanol–water partition coefficient (Wildman–Crippen LogP) is 5.94. The van der Waals surface area contributed by atoms with Crippen molar-refractivity contribution in [1.29, 1.82) is 0 Å². The van der Waals surface area contributed by atoms with Crippen LogP contribution >= 0.6 is 0 Å². The number of benzene rings is 2. The molecule has 4 heteroatoms. The highest BCUT2D eigenvalue weighted by atomic mass is 19.1. The van der Waals surface area contributed by atoms with Crippen LogP contribution in [0.5, 0.6) is 5.75 Å². The Morgan fingerprint density at radius 1 is 1.00 bits per heavy atom. The maximum absolute atomic E-state index is 13.5. The summed E-state index contributed by atoms with van der Waals surface area (Å²) >= 11 is 0. The summed E-state index contributed by atoms with van der Waals surface area (Å²) in [6.45, 7) is 4.28. The SMILES string of the molecule is CCCC(CCC)C(=O)c1ccc(COc2cc(F)ccc2F)cc1. The lowest BCUT2D eigenvalue weighted by Gasteiger charge is -2.14. The molecule has 0 saturated heterocycles. The first-order valence-corrected chi connectivity index (χ1v) is 8.76. The molecule has 0 spiro atoms. The third kappa shape index (κ3) is 5.38. The molecule has 0 heterocycles.